The van der Waals surface area contributed by atoms with Gasteiger partial charge in [-0.15, -0.1) is 0 Å². The van der Waals surface area contributed by atoms with Gasteiger partial charge in [-0.2, -0.15) is 0 Å². The largest absolute Gasteiger partial charge is 0.483 e. The number of hydrogen-bond acceptors (Lipinski definition) is 8. The smallest absolute Gasteiger partial charge is 0.336 e. The zero-order chi connectivity index (χ0) is 43.1. The van der Waals surface area contributed by atoms with Gasteiger partial charge in [0, 0.05) is 23.4 Å². The highest BCUT2D eigenvalue weighted by molar-refractivity contribution is 5.90. The number of hydrogen-bond donors (Lipinski definition) is 1. The summed E-state index contributed by atoms with van der Waals surface area (Å²) in [6, 6.07) is 44.2. The molecule has 1 aromatic heterocycles. The second kappa shape index (κ2) is 19.2. The number of benzene rings is 5. The summed E-state index contributed by atoms with van der Waals surface area (Å²) in [6.45, 7) is 3.29. The molecule has 3 aliphatic rings. The molecule has 6 aromatic rings. The van der Waals surface area contributed by atoms with E-state index in [2.05, 4.69) is 84.9 Å². The standard InChI is InChI=1S/C54H54O8/c1-36(35-55)45-27-24-38-18-20-41(21-19-38)33-43(23-22-40-15-9-16-42(32-40)31-39-13-7-4-8-14-39)34-48(57)60-51-49-46(28-25-44-26-29-47(56)59-50(44)49)62-54(2,52(51)61-53(45)58)30-10-17-37-11-5-3-6-12-37/h3-9,11-16,18-21,25-26,28-29,32,43,51-52,55H,10,17,22-24,27,30-31,33-35H2,1-2H3/t43-,51-,52-,54-/m0/s1. The Morgan fingerprint density at radius 3 is 2.16 bits per heavy atom. The van der Waals surface area contributed by atoms with Crippen molar-refractivity contribution in [3.05, 3.63) is 194 Å². The summed E-state index contributed by atoms with van der Waals surface area (Å²) in [7, 11) is 0. The molecule has 0 fully saturated rings. The van der Waals surface area contributed by atoms with Crippen molar-refractivity contribution in [1.82, 2.24) is 0 Å². The number of carbonyl (C=O) groups excluding carboxylic acids is 2. The van der Waals surface area contributed by atoms with Crippen LogP contribution in [-0.4, -0.2) is 35.4 Å². The summed E-state index contributed by atoms with van der Waals surface area (Å²) in [5.74, 6) is -0.771. The van der Waals surface area contributed by atoms with Gasteiger partial charge in [-0.3, -0.25) is 4.79 Å². The first kappa shape index (κ1) is 42.4. The average molecular weight is 831 g/mol. The first-order valence-corrected chi connectivity index (χ1v) is 21.8. The fraction of sp³-hybridized carbons (Fsp3) is 0.315. The molecule has 0 saturated heterocycles. The molecule has 62 heavy (non-hydrogen) atoms. The second-order valence-electron chi connectivity index (χ2n) is 17.2. The topological polar surface area (TPSA) is 112 Å². The van der Waals surface area contributed by atoms with Crippen LogP contribution in [-0.2, 0) is 51.2 Å². The molecule has 0 spiro atoms. The Labute approximate surface area is 363 Å². The molecule has 9 rings (SSSR count). The Kier molecular flexibility index (Phi) is 13.1. The highest BCUT2D eigenvalue weighted by atomic mass is 16.6. The first-order chi connectivity index (χ1) is 30.1. The monoisotopic (exact) mass is 830 g/mol. The van der Waals surface area contributed by atoms with E-state index in [1.807, 2.05) is 37.3 Å². The van der Waals surface area contributed by atoms with E-state index in [1.165, 1.54) is 22.8 Å². The molecule has 4 atom stereocenters. The molecule has 4 heterocycles. The van der Waals surface area contributed by atoms with Gasteiger partial charge in [0.05, 0.1) is 12.2 Å². The maximum Gasteiger partial charge on any atom is 0.336 e. The summed E-state index contributed by atoms with van der Waals surface area (Å²) in [5.41, 5.74) is 6.65. The lowest BCUT2D eigenvalue weighted by Crippen LogP contribution is -2.54. The predicted molar refractivity (Wildman–Crippen MR) is 240 cm³/mol. The maximum absolute atomic E-state index is 14.7. The lowest BCUT2D eigenvalue weighted by Gasteiger charge is -2.45. The summed E-state index contributed by atoms with van der Waals surface area (Å²) < 4.78 is 25.9. The summed E-state index contributed by atoms with van der Waals surface area (Å²) >= 11 is 0. The number of aliphatic hydroxyl groups excluding tert-OH is 1. The summed E-state index contributed by atoms with van der Waals surface area (Å²) in [4.78, 5) is 42.0. The minimum Gasteiger partial charge on any atom is -0.483 e. The van der Waals surface area contributed by atoms with Crippen LogP contribution in [0.1, 0.15) is 91.0 Å². The quantitative estimate of drug-likeness (QED) is 0.0825. The molecule has 8 nitrogen and oxygen atoms in total. The number of esters is 2. The normalized spacial score (nSPS) is 21.3. The number of ether oxygens (including phenoxy) is 3. The van der Waals surface area contributed by atoms with Crippen molar-refractivity contribution < 1.29 is 33.3 Å². The fourth-order valence-corrected chi connectivity index (χ4v) is 9.08. The zero-order valence-electron chi connectivity index (χ0n) is 35.5. The van der Waals surface area contributed by atoms with E-state index >= 15 is 0 Å². The number of rotatable bonds is 10. The highest BCUT2D eigenvalue weighted by Crippen LogP contribution is 2.48. The van der Waals surface area contributed by atoms with E-state index < -0.39 is 35.4 Å². The number of fused-ring (bicyclic) bond motifs is 13. The van der Waals surface area contributed by atoms with Crippen LogP contribution in [0.5, 0.6) is 5.75 Å². The number of carbonyl (C=O) groups is 2. The van der Waals surface area contributed by atoms with Crippen molar-refractivity contribution in [2.24, 2.45) is 5.92 Å². The van der Waals surface area contributed by atoms with Gasteiger partial charge in [-0.25, -0.2) is 9.59 Å². The average Bonchev–Trinajstić information content (AvgIpc) is 3.27. The van der Waals surface area contributed by atoms with Crippen molar-refractivity contribution in [1.29, 1.82) is 0 Å². The molecule has 318 valence electrons. The van der Waals surface area contributed by atoms with E-state index in [9.17, 15) is 19.5 Å². The van der Waals surface area contributed by atoms with Crippen LogP contribution in [0.3, 0.4) is 0 Å². The molecule has 5 aromatic carbocycles. The molecule has 8 heteroatoms. The van der Waals surface area contributed by atoms with E-state index in [0.29, 0.717) is 59.9 Å². The van der Waals surface area contributed by atoms with Gasteiger partial charge in [0.15, 0.2) is 12.2 Å². The van der Waals surface area contributed by atoms with Gasteiger partial charge in [0.25, 0.3) is 0 Å². The van der Waals surface area contributed by atoms with Crippen molar-refractivity contribution in [3.8, 4) is 5.75 Å². The third kappa shape index (κ3) is 10.1. The number of aryl methyl sites for hydroxylation is 3. The van der Waals surface area contributed by atoms with Crippen LogP contribution in [0.4, 0.5) is 0 Å². The van der Waals surface area contributed by atoms with Crippen molar-refractivity contribution >= 4 is 22.9 Å². The lowest BCUT2D eigenvalue weighted by molar-refractivity contribution is -0.192. The molecule has 3 aliphatic heterocycles. The molecule has 2 bridgehead atoms. The Balaban J connectivity index is 1.17. The second-order valence-corrected chi connectivity index (χ2v) is 17.2. The van der Waals surface area contributed by atoms with Crippen LogP contribution >= 0.6 is 0 Å². The van der Waals surface area contributed by atoms with Crippen molar-refractivity contribution in [2.45, 2.75) is 95.9 Å². The molecule has 0 amide bonds. The Morgan fingerprint density at radius 2 is 1.40 bits per heavy atom. The molecular formula is C54H54O8. The molecule has 0 saturated carbocycles. The van der Waals surface area contributed by atoms with E-state index in [0.717, 1.165) is 42.4 Å². The molecule has 0 radical (unpaired) electrons. The van der Waals surface area contributed by atoms with Crippen molar-refractivity contribution in [2.75, 3.05) is 6.61 Å². The Hall–Kier alpha value is -6.25. The first-order valence-electron chi connectivity index (χ1n) is 21.8. The SMILES string of the molecule is CC(CO)=C1CCc2ccc(cc2)C[C@H](CCc2cccc(Cc3ccccc3)c2)CC(=O)O[C@H]2c3c(ccc4ccc(=O)oc34)O[C@@](C)(CCCc3ccccc3)[C@H]2OC1=O. The highest BCUT2D eigenvalue weighted by Gasteiger charge is 2.52. The van der Waals surface area contributed by atoms with Crippen LogP contribution < -0.4 is 10.4 Å². The molecule has 1 N–H and O–H groups in total. The van der Waals surface area contributed by atoms with E-state index in [-0.39, 0.29) is 24.5 Å². The van der Waals surface area contributed by atoms with Crippen LogP contribution in [0.25, 0.3) is 11.0 Å². The summed E-state index contributed by atoms with van der Waals surface area (Å²) in [6.07, 6.45) is 3.53. The number of aliphatic hydroxyl groups is 1. The molecule has 0 unspecified atom stereocenters. The van der Waals surface area contributed by atoms with Crippen molar-refractivity contribution in [3.63, 3.8) is 0 Å². The molecular weight excluding hydrogens is 777 g/mol. The van der Waals surface area contributed by atoms with Crippen LogP contribution in [0.15, 0.2) is 154 Å². The van der Waals surface area contributed by atoms with Gasteiger partial charge in [-0.05, 0) is 135 Å². The van der Waals surface area contributed by atoms with Gasteiger partial charge in [0.2, 0.25) is 0 Å². The van der Waals surface area contributed by atoms with E-state index in [1.54, 1.807) is 19.1 Å². The van der Waals surface area contributed by atoms with E-state index in [4.69, 9.17) is 18.6 Å². The van der Waals surface area contributed by atoms with Gasteiger partial charge >= 0.3 is 17.6 Å². The Morgan fingerprint density at radius 1 is 0.710 bits per heavy atom. The van der Waals surface area contributed by atoms with Gasteiger partial charge in [-0.1, -0.05) is 109 Å². The third-order valence-electron chi connectivity index (χ3n) is 12.5. The summed E-state index contributed by atoms with van der Waals surface area (Å²) in [5, 5.41) is 10.9. The van der Waals surface area contributed by atoms with Crippen LogP contribution in [0.2, 0.25) is 0 Å². The van der Waals surface area contributed by atoms with Gasteiger partial charge < -0.3 is 23.7 Å². The zero-order valence-corrected chi connectivity index (χ0v) is 35.5. The predicted octanol–water partition coefficient (Wildman–Crippen LogP) is 10.2. The maximum atomic E-state index is 14.7. The molecule has 0 aliphatic carbocycles. The minimum atomic E-state index is -1.18. The fourth-order valence-electron chi connectivity index (χ4n) is 9.08. The third-order valence-corrected chi connectivity index (χ3v) is 12.5. The lowest BCUT2D eigenvalue weighted by atomic mass is 9.82. The van der Waals surface area contributed by atoms with Gasteiger partial charge in [0.1, 0.15) is 16.9 Å². The minimum absolute atomic E-state index is 0.0798. The Bertz CT molecular complexity index is 2590. The van der Waals surface area contributed by atoms with Crippen LogP contribution in [0, 0.1) is 5.92 Å².